The molecule has 2 atom stereocenters. The number of anilines is 1. The van der Waals surface area contributed by atoms with E-state index >= 15 is 0 Å². The van der Waals surface area contributed by atoms with Gasteiger partial charge in [-0.1, -0.05) is 29.3 Å². The lowest BCUT2D eigenvalue weighted by atomic mass is 10.0. The molecule has 2 unspecified atom stereocenters. The van der Waals surface area contributed by atoms with Crippen LogP contribution >= 0.6 is 35.4 Å². The lowest BCUT2D eigenvalue weighted by Crippen LogP contribution is -2.30. The first-order chi connectivity index (χ1) is 15.5. The van der Waals surface area contributed by atoms with E-state index in [4.69, 9.17) is 35.4 Å². The highest BCUT2D eigenvalue weighted by Crippen LogP contribution is 2.45. The van der Waals surface area contributed by atoms with Crippen LogP contribution in [0.4, 0.5) is 5.69 Å². The van der Waals surface area contributed by atoms with Crippen molar-refractivity contribution < 1.29 is 5.11 Å². The molecule has 1 aromatic carbocycles. The van der Waals surface area contributed by atoms with E-state index in [2.05, 4.69) is 15.3 Å². The Hall–Kier alpha value is -3.13. The molecule has 32 heavy (non-hydrogen) atoms. The van der Waals surface area contributed by atoms with Gasteiger partial charge in [0.15, 0.2) is 5.11 Å². The van der Waals surface area contributed by atoms with Crippen LogP contribution in [0.5, 0.6) is 5.75 Å². The number of benzene rings is 1. The van der Waals surface area contributed by atoms with Gasteiger partial charge in [0.1, 0.15) is 17.6 Å². The molecule has 160 valence electrons. The highest BCUT2D eigenvalue weighted by Gasteiger charge is 2.43. The fourth-order valence-electron chi connectivity index (χ4n) is 3.96. The molecule has 1 saturated heterocycles. The number of hydrogen-bond donors (Lipinski definition) is 2. The maximum absolute atomic E-state index is 10.7. The minimum Gasteiger partial charge on any atom is -0.506 e. The third-order valence-corrected chi connectivity index (χ3v) is 6.11. The quantitative estimate of drug-likeness (QED) is 0.377. The molecule has 6 nitrogen and oxygen atoms in total. The maximum atomic E-state index is 10.7. The maximum Gasteiger partial charge on any atom is 0.174 e. The number of hydrogen-bond acceptors (Lipinski definition) is 4. The molecule has 1 aliphatic rings. The van der Waals surface area contributed by atoms with Gasteiger partial charge in [-0.2, -0.15) is 0 Å². The van der Waals surface area contributed by atoms with Crippen LogP contribution in [0.2, 0.25) is 10.0 Å². The van der Waals surface area contributed by atoms with Gasteiger partial charge >= 0.3 is 0 Å². The van der Waals surface area contributed by atoms with Gasteiger partial charge in [-0.3, -0.25) is 4.98 Å². The first-order valence-electron chi connectivity index (χ1n) is 9.81. The van der Waals surface area contributed by atoms with Crippen molar-refractivity contribution in [3.63, 3.8) is 0 Å². The molecule has 9 heteroatoms. The molecule has 3 aromatic heterocycles. The Bertz CT molecular complexity index is 1280. The summed E-state index contributed by atoms with van der Waals surface area (Å²) in [5.41, 5.74) is 2.23. The summed E-state index contributed by atoms with van der Waals surface area (Å²) in [7, 11) is 0. The molecule has 1 aliphatic heterocycles. The number of rotatable bonds is 4. The van der Waals surface area contributed by atoms with Gasteiger partial charge in [-0.15, -0.1) is 0 Å². The zero-order chi connectivity index (χ0) is 22.2. The Balaban J connectivity index is 1.69. The van der Waals surface area contributed by atoms with Gasteiger partial charge < -0.3 is 19.9 Å². The summed E-state index contributed by atoms with van der Waals surface area (Å²) in [5, 5.41) is 15.6. The predicted molar refractivity (Wildman–Crippen MR) is 130 cm³/mol. The zero-order valence-corrected chi connectivity index (χ0v) is 18.9. The number of nitrogens with zero attached hydrogens (tertiary/aromatic N) is 4. The predicted octanol–water partition coefficient (Wildman–Crippen LogP) is 5.46. The number of aromatic nitrogens is 3. The van der Waals surface area contributed by atoms with Crippen molar-refractivity contribution in [2.45, 2.75) is 12.1 Å². The van der Waals surface area contributed by atoms with Crippen LogP contribution in [-0.4, -0.2) is 24.8 Å². The van der Waals surface area contributed by atoms with Crippen LogP contribution < -0.4 is 10.2 Å². The van der Waals surface area contributed by atoms with E-state index in [9.17, 15) is 5.11 Å². The summed E-state index contributed by atoms with van der Waals surface area (Å²) in [4.78, 5) is 10.9. The van der Waals surface area contributed by atoms with Gasteiger partial charge in [-0.25, -0.2) is 4.98 Å². The van der Waals surface area contributed by atoms with Crippen LogP contribution in [0.1, 0.15) is 23.5 Å². The normalized spacial score (nSPS) is 18.1. The van der Waals surface area contributed by atoms with E-state index in [0.29, 0.717) is 26.7 Å². The molecule has 4 heterocycles. The summed E-state index contributed by atoms with van der Waals surface area (Å²) in [5.74, 6) is 0.787. The van der Waals surface area contributed by atoms with E-state index in [1.165, 1.54) is 0 Å². The Morgan fingerprint density at radius 2 is 1.81 bits per heavy atom. The molecule has 0 bridgehead atoms. The van der Waals surface area contributed by atoms with Crippen molar-refractivity contribution in [2.75, 3.05) is 4.90 Å². The second kappa shape index (κ2) is 8.43. The van der Waals surface area contributed by atoms with Crippen LogP contribution in [-0.2, 0) is 0 Å². The highest BCUT2D eigenvalue weighted by atomic mass is 35.5. The number of phenolic OH excluding ortho intramolecular Hbond substituents is 1. The fraction of sp³-hybridized carbons (Fsp3) is 0.0870. The molecular formula is C23H17Cl2N5OS. The molecule has 0 spiro atoms. The minimum atomic E-state index is -0.339. The van der Waals surface area contributed by atoms with Gasteiger partial charge in [0.2, 0.25) is 0 Å². The first-order valence-corrected chi connectivity index (χ1v) is 11.0. The van der Waals surface area contributed by atoms with Crippen molar-refractivity contribution in [3.8, 4) is 11.6 Å². The van der Waals surface area contributed by atoms with E-state index in [1.807, 2.05) is 52.1 Å². The summed E-state index contributed by atoms with van der Waals surface area (Å²) >= 11 is 18.0. The van der Waals surface area contributed by atoms with Crippen LogP contribution in [0.15, 0.2) is 79.3 Å². The number of phenols is 1. The van der Waals surface area contributed by atoms with Gasteiger partial charge in [0.05, 0.1) is 22.4 Å². The molecule has 1 fully saturated rings. The Morgan fingerprint density at radius 1 is 0.969 bits per heavy atom. The molecule has 0 amide bonds. The average Bonchev–Trinajstić information content (AvgIpc) is 3.41. The number of halogens is 2. The molecule has 0 aliphatic carbocycles. The minimum absolute atomic E-state index is 0.0768. The topological polar surface area (TPSA) is 66.2 Å². The fourth-order valence-corrected chi connectivity index (χ4v) is 4.58. The van der Waals surface area contributed by atoms with E-state index in [1.54, 1.807) is 36.7 Å². The van der Waals surface area contributed by atoms with E-state index in [-0.39, 0.29) is 17.8 Å². The smallest absolute Gasteiger partial charge is 0.174 e. The van der Waals surface area contributed by atoms with Crippen LogP contribution in [0, 0.1) is 0 Å². The molecule has 5 rings (SSSR count). The van der Waals surface area contributed by atoms with E-state index in [0.717, 1.165) is 11.4 Å². The summed E-state index contributed by atoms with van der Waals surface area (Å²) in [6.45, 7) is 0. The Kier molecular flexibility index (Phi) is 5.46. The Labute approximate surface area is 200 Å². The summed E-state index contributed by atoms with van der Waals surface area (Å²) in [6, 6.07) is 17.6. The standard InChI is InChI=1S/C23H17Cl2N5OS/c24-14-6-8-19(31)18(12-14)30-22(21(28-23(30)32)16-4-1-2-10-26-16)17-5-3-11-29(17)20-9-7-15(25)13-27-20/h1-13,21-22,31H,(H,28,32). The molecule has 4 aromatic rings. The van der Waals surface area contributed by atoms with Crippen molar-refractivity contribution in [2.24, 2.45) is 0 Å². The number of nitrogens with one attached hydrogen (secondary N) is 1. The molecule has 0 saturated carbocycles. The van der Waals surface area contributed by atoms with Crippen LogP contribution in [0.25, 0.3) is 5.82 Å². The van der Waals surface area contributed by atoms with Gasteiger partial charge in [0, 0.05) is 29.3 Å². The Morgan fingerprint density at radius 3 is 2.56 bits per heavy atom. The zero-order valence-electron chi connectivity index (χ0n) is 16.6. The third kappa shape index (κ3) is 3.68. The largest absolute Gasteiger partial charge is 0.506 e. The van der Waals surface area contributed by atoms with Crippen molar-refractivity contribution in [1.82, 2.24) is 19.9 Å². The number of thiocarbonyl (C=S) groups is 1. The average molecular weight is 482 g/mol. The van der Waals surface area contributed by atoms with E-state index < -0.39 is 0 Å². The first kappa shape index (κ1) is 20.8. The van der Waals surface area contributed by atoms with Crippen molar-refractivity contribution >= 4 is 46.2 Å². The molecule has 2 N–H and O–H groups in total. The van der Waals surface area contributed by atoms with Gasteiger partial charge in [-0.05, 0) is 66.8 Å². The lowest BCUT2D eigenvalue weighted by Gasteiger charge is -2.29. The number of pyridine rings is 2. The monoisotopic (exact) mass is 481 g/mol. The lowest BCUT2D eigenvalue weighted by molar-refractivity contribution is 0.472. The summed E-state index contributed by atoms with van der Waals surface area (Å²) < 4.78 is 1.97. The van der Waals surface area contributed by atoms with Crippen LogP contribution in [0.3, 0.4) is 0 Å². The second-order valence-electron chi connectivity index (χ2n) is 7.27. The molecule has 0 radical (unpaired) electrons. The van der Waals surface area contributed by atoms with Crippen molar-refractivity contribution in [1.29, 1.82) is 0 Å². The van der Waals surface area contributed by atoms with Gasteiger partial charge in [0.25, 0.3) is 0 Å². The summed E-state index contributed by atoms with van der Waals surface area (Å²) in [6.07, 6.45) is 5.28. The second-order valence-corrected chi connectivity index (χ2v) is 8.53. The number of aromatic hydroxyl groups is 1. The third-order valence-electron chi connectivity index (χ3n) is 5.34. The highest BCUT2D eigenvalue weighted by molar-refractivity contribution is 7.80. The molecular weight excluding hydrogens is 465 g/mol. The SMILES string of the molecule is Oc1ccc(Cl)cc1N1C(=S)NC(c2ccccn2)C1c1cccn1-c1ccc(Cl)cn1. The van der Waals surface area contributed by atoms with Crippen molar-refractivity contribution in [3.05, 3.63) is 101 Å².